The van der Waals surface area contributed by atoms with E-state index in [1.165, 1.54) is 5.57 Å². The number of allylic oxidation sites excluding steroid dienone is 4. The lowest BCUT2D eigenvalue weighted by atomic mass is 9.88. The highest BCUT2D eigenvalue weighted by Crippen LogP contribution is 2.35. The number of ketones is 1. The Morgan fingerprint density at radius 1 is 0.957 bits per heavy atom. The molecule has 0 amide bonds. The molecule has 3 aliphatic rings. The van der Waals surface area contributed by atoms with Crippen LogP contribution in [0.1, 0.15) is 78.2 Å². The fourth-order valence-corrected chi connectivity index (χ4v) is 6.26. The number of benzene rings is 2. The van der Waals surface area contributed by atoms with Gasteiger partial charge < -0.3 is 31.6 Å². The number of nitrogens with zero attached hydrogens (tertiary/aromatic N) is 2. The zero-order chi connectivity index (χ0) is 35.1. The molecule has 0 aromatic heterocycles. The lowest BCUT2D eigenvalue weighted by Crippen LogP contribution is -2.49. The quantitative estimate of drug-likeness (QED) is 0.0840. The Bertz CT molecular complexity index is 1810. The smallest absolute Gasteiger partial charge is 0.460 e. The van der Waals surface area contributed by atoms with Crippen molar-refractivity contribution in [2.75, 3.05) is 24.5 Å². The number of ether oxygens (including phenoxy) is 2. The molecule has 0 radical (unpaired) electrons. The maximum Gasteiger partial charge on any atom is 0.673 e. The predicted molar refractivity (Wildman–Crippen MR) is 180 cm³/mol. The van der Waals surface area contributed by atoms with E-state index in [4.69, 9.17) is 9.47 Å². The first-order valence-electron chi connectivity index (χ1n) is 15.9. The summed E-state index contributed by atoms with van der Waals surface area (Å²) in [6.07, 6.45) is 7.89. The first kappa shape index (κ1) is 35.7. The molecule has 0 spiro atoms. The van der Waals surface area contributed by atoms with Crippen molar-refractivity contribution in [1.29, 1.82) is 0 Å². The van der Waals surface area contributed by atoms with Crippen molar-refractivity contribution in [1.82, 2.24) is 4.58 Å². The third-order valence-corrected chi connectivity index (χ3v) is 8.53. The van der Waals surface area contributed by atoms with E-state index in [0.29, 0.717) is 11.3 Å². The Morgan fingerprint density at radius 2 is 1.60 bits per heavy atom. The first-order valence-corrected chi connectivity index (χ1v) is 15.9. The molecule has 0 bridgehead atoms. The Balaban J connectivity index is 0.000000930. The molecular weight excluding hydrogens is 611 g/mol. The van der Waals surface area contributed by atoms with E-state index >= 15 is 0 Å². The fraction of sp³-hybridized carbons (Fsp3) is 0.417. The zero-order valence-electron chi connectivity index (χ0n) is 28.5. The predicted octanol–water partition coefficient (Wildman–Crippen LogP) is 6.99. The highest BCUT2D eigenvalue weighted by atomic mass is 19.5. The van der Waals surface area contributed by atoms with Crippen molar-refractivity contribution >= 4 is 35.8 Å². The first-order chi connectivity index (χ1) is 21.8. The number of fused-ring (bicyclic) bond motifs is 3. The van der Waals surface area contributed by atoms with Gasteiger partial charge in [-0.15, -0.1) is 0 Å². The van der Waals surface area contributed by atoms with Crippen molar-refractivity contribution in [2.24, 2.45) is 11.3 Å². The number of carbonyl (C=O) groups excluding carboxylic acids is 2. The van der Waals surface area contributed by atoms with Gasteiger partial charge in [0, 0.05) is 54.9 Å². The van der Waals surface area contributed by atoms with Crippen LogP contribution in [0, 0.1) is 11.3 Å². The van der Waals surface area contributed by atoms with Gasteiger partial charge in [-0.2, -0.15) is 0 Å². The second-order valence-electron chi connectivity index (χ2n) is 13.4. The zero-order valence-corrected chi connectivity index (χ0v) is 28.5. The van der Waals surface area contributed by atoms with Gasteiger partial charge in [-0.05, 0) is 69.2 Å². The SMILES string of the molecule is CCN(CC)c1ccc2c(c1)OC(=O)C(/C=C/C1=c3cc4c(cc3OC(C(C)(C)C)=C1)=[N+](CC)C(C)(C)C=C4C)C2=O.F[B-](F)(F)F. The Morgan fingerprint density at radius 3 is 2.17 bits per heavy atom. The highest BCUT2D eigenvalue weighted by molar-refractivity contribution is 6.50. The number of carbonyl (C=O) groups is 2. The van der Waals surface area contributed by atoms with E-state index in [9.17, 15) is 26.9 Å². The molecule has 2 aromatic rings. The Kier molecular flexibility index (Phi) is 10.00. The van der Waals surface area contributed by atoms with E-state index in [2.05, 4.69) is 90.0 Å². The third kappa shape index (κ3) is 7.71. The summed E-state index contributed by atoms with van der Waals surface area (Å²) in [5.41, 5.74) is 4.27. The second-order valence-corrected chi connectivity index (χ2v) is 13.4. The van der Waals surface area contributed by atoms with Gasteiger partial charge >= 0.3 is 13.2 Å². The summed E-state index contributed by atoms with van der Waals surface area (Å²) < 4.78 is 53.6. The number of likely N-dealkylation sites (N-methyl/N-ethyl adjacent to an activating group) is 1. The molecule has 1 atom stereocenters. The van der Waals surface area contributed by atoms with Crippen LogP contribution in [0.15, 0.2) is 60.4 Å². The maximum absolute atomic E-state index is 13.5. The summed E-state index contributed by atoms with van der Waals surface area (Å²) in [6.45, 7) is 21.8. The molecule has 0 saturated heterocycles. The summed E-state index contributed by atoms with van der Waals surface area (Å²) in [4.78, 5) is 28.8. The largest absolute Gasteiger partial charge is 0.673 e. The maximum atomic E-state index is 13.5. The van der Waals surface area contributed by atoms with Gasteiger partial charge in [0.15, 0.2) is 11.3 Å². The molecule has 3 aliphatic heterocycles. The number of esters is 1. The third-order valence-electron chi connectivity index (χ3n) is 8.53. The molecule has 11 heteroatoms. The molecular formula is C36H43BF4N2O4. The molecule has 0 N–H and O–H groups in total. The van der Waals surface area contributed by atoms with Crippen LogP contribution in [0.5, 0.6) is 11.5 Å². The van der Waals surface area contributed by atoms with E-state index in [0.717, 1.165) is 58.5 Å². The molecule has 47 heavy (non-hydrogen) atoms. The minimum absolute atomic E-state index is 0.117. The lowest BCUT2D eigenvalue weighted by molar-refractivity contribution is -0.136. The molecule has 5 rings (SSSR count). The van der Waals surface area contributed by atoms with Crippen molar-refractivity contribution in [2.45, 2.75) is 67.9 Å². The van der Waals surface area contributed by atoms with E-state index in [1.54, 1.807) is 18.2 Å². The summed E-state index contributed by atoms with van der Waals surface area (Å²) in [6, 6.07) is 9.80. The van der Waals surface area contributed by atoms with Crippen LogP contribution >= 0.6 is 0 Å². The van der Waals surface area contributed by atoms with Gasteiger partial charge in [0.05, 0.1) is 11.6 Å². The number of Topliss-reactive ketones (excluding diaryl/α,β-unsaturated/α-hetero) is 1. The van der Waals surface area contributed by atoms with Gasteiger partial charge in [0.2, 0.25) is 5.36 Å². The van der Waals surface area contributed by atoms with E-state index in [1.807, 2.05) is 18.2 Å². The van der Waals surface area contributed by atoms with Crippen LogP contribution in [0.3, 0.4) is 0 Å². The van der Waals surface area contributed by atoms with Gasteiger partial charge in [-0.25, -0.2) is 4.58 Å². The summed E-state index contributed by atoms with van der Waals surface area (Å²) in [5, 5.41) is 2.08. The summed E-state index contributed by atoms with van der Waals surface area (Å²) >= 11 is 0. The molecule has 0 saturated carbocycles. The molecule has 1 unspecified atom stereocenters. The van der Waals surface area contributed by atoms with Gasteiger partial charge in [0.25, 0.3) is 0 Å². The van der Waals surface area contributed by atoms with Gasteiger partial charge in [-0.3, -0.25) is 9.59 Å². The van der Waals surface area contributed by atoms with Gasteiger partial charge in [-0.1, -0.05) is 32.9 Å². The molecule has 0 fully saturated rings. The average molecular weight is 655 g/mol. The minimum atomic E-state index is -6.00. The number of hydrogen-bond donors (Lipinski definition) is 0. The second kappa shape index (κ2) is 13.2. The number of rotatable bonds is 6. The van der Waals surface area contributed by atoms with Crippen molar-refractivity contribution in [3.63, 3.8) is 0 Å². The number of anilines is 1. The standard InChI is InChI=1S/C36H43N2O4.BF4/c1-10-37(11-2)24-14-16-25-30(18-24)42-34(40)26(33(25)39)15-13-23-17-32(35(5,6)7)41-31-20-29-27(19-28(23)31)22(4)21-36(8,9)38(29)12-3;2-1(3,4)5/h13-21,26H,10-12H2,1-9H3;/q+1;-1/b15-13+;. The molecule has 6 nitrogen and oxygen atoms in total. The minimum Gasteiger partial charge on any atom is -0.460 e. The summed E-state index contributed by atoms with van der Waals surface area (Å²) in [5.74, 6) is 0.108. The highest BCUT2D eigenvalue weighted by Gasteiger charge is 2.36. The van der Waals surface area contributed by atoms with Gasteiger partial charge in [0.1, 0.15) is 29.7 Å². The summed E-state index contributed by atoms with van der Waals surface area (Å²) in [7, 11) is -6.00. The van der Waals surface area contributed by atoms with E-state index in [-0.39, 0.29) is 16.7 Å². The Hall–Kier alpha value is -4.15. The topological polar surface area (TPSA) is 58.8 Å². The van der Waals surface area contributed by atoms with Crippen LogP contribution in [0.4, 0.5) is 23.0 Å². The normalized spacial score (nSPS) is 18.6. The van der Waals surface area contributed by atoms with Crippen LogP contribution in [-0.4, -0.2) is 44.2 Å². The Labute approximate surface area is 273 Å². The van der Waals surface area contributed by atoms with Crippen molar-refractivity contribution in [3.05, 3.63) is 82.1 Å². The number of halogens is 4. The van der Waals surface area contributed by atoms with Crippen molar-refractivity contribution in [3.8, 4) is 11.5 Å². The molecule has 252 valence electrons. The molecule has 3 heterocycles. The lowest BCUT2D eigenvalue weighted by Gasteiger charge is -2.28. The van der Waals surface area contributed by atoms with Crippen LogP contribution < -0.4 is 29.5 Å². The monoisotopic (exact) mass is 654 g/mol. The average Bonchev–Trinajstić information content (AvgIpc) is 2.95. The van der Waals surface area contributed by atoms with Crippen molar-refractivity contribution < 1.29 is 36.3 Å². The fourth-order valence-electron chi connectivity index (χ4n) is 6.26. The van der Waals surface area contributed by atoms with E-state index < -0.39 is 19.1 Å². The van der Waals surface area contributed by atoms with Crippen LogP contribution in [0.2, 0.25) is 0 Å². The van der Waals surface area contributed by atoms with Crippen LogP contribution in [-0.2, 0) is 4.79 Å². The van der Waals surface area contributed by atoms with Crippen LogP contribution in [0.25, 0.3) is 11.1 Å². The molecule has 2 aromatic carbocycles. The number of hydrogen-bond acceptors (Lipinski definition) is 5. The molecule has 0 aliphatic carbocycles.